The van der Waals surface area contributed by atoms with Crippen molar-refractivity contribution >= 4 is 50.0 Å². The molecule has 1 aromatic carbocycles. The van der Waals surface area contributed by atoms with E-state index in [1.54, 1.807) is 17.9 Å². The maximum absolute atomic E-state index is 13.9. The molecule has 0 spiro atoms. The third kappa shape index (κ3) is 3.71. The molecule has 5 nitrogen and oxygen atoms in total. The van der Waals surface area contributed by atoms with Gasteiger partial charge < -0.3 is 4.90 Å². The van der Waals surface area contributed by atoms with E-state index in [1.165, 1.54) is 23.9 Å². The molecule has 3 atom stereocenters. The molecular formula is C16H18ClFN2O3S2. The van der Waals surface area contributed by atoms with Gasteiger partial charge in [0.2, 0.25) is 0 Å². The third-order valence-electron chi connectivity index (χ3n) is 4.49. The summed E-state index contributed by atoms with van der Waals surface area (Å²) in [4.78, 5) is 18.1. The highest BCUT2D eigenvalue weighted by Crippen LogP contribution is 2.41. The zero-order valence-electron chi connectivity index (χ0n) is 13.8. The topological polar surface area (TPSA) is 66.8 Å². The first-order valence-electron chi connectivity index (χ1n) is 7.95. The molecule has 2 aliphatic rings. The number of carbonyl (C=O) groups excluding carboxylic acids is 1. The fourth-order valence-electron chi connectivity index (χ4n) is 2.88. The number of rotatable bonds is 3. The number of anilines is 1. The lowest BCUT2D eigenvalue weighted by atomic mass is 10.1. The van der Waals surface area contributed by atoms with Crippen molar-refractivity contribution in [1.29, 1.82) is 0 Å². The van der Waals surface area contributed by atoms with Gasteiger partial charge in [0.15, 0.2) is 15.0 Å². The molecule has 0 aromatic heterocycles. The summed E-state index contributed by atoms with van der Waals surface area (Å²) in [5.41, 5.74) is 0.453. The molecule has 0 bridgehead atoms. The van der Waals surface area contributed by atoms with Crippen LogP contribution >= 0.6 is 23.4 Å². The van der Waals surface area contributed by atoms with E-state index in [0.717, 1.165) is 0 Å². The number of carbonyl (C=O) groups is 1. The summed E-state index contributed by atoms with van der Waals surface area (Å²) < 4.78 is 37.9. The van der Waals surface area contributed by atoms with Crippen molar-refractivity contribution in [1.82, 2.24) is 0 Å². The summed E-state index contributed by atoms with van der Waals surface area (Å²) in [5, 5.41) is 0.199. The van der Waals surface area contributed by atoms with Gasteiger partial charge in [0, 0.05) is 16.9 Å². The summed E-state index contributed by atoms with van der Waals surface area (Å²) in [6.45, 7) is 3.70. The Kier molecular flexibility index (Phi) is 5.14. The lowest BCUT2D eigenvalue weighted by Gasteiger charge is -2.24. The maximum atomic E-state index is 13.9. The van der Waals surface area contributed by atoms with E-state index in [9.17, 15) is 17.6 Å². The summed E-state index contributed by atoms with van der Waals surface area (Å²) in [5.74, 6) is -1.08. The predicted octanol–water partition coefficient (Wildman–Crippen LogP) is 3.13. The van der Waals surface area contributed by atoms with Crippen LogP contribution in [0, 0.1) is 11.7 Å². The molecule has 136 valence electrons. The van der Waals surface area contributed by atoms with Crippen LogP contribution in [0.4, 0.5) is 10.1 Å². The van der Waals surface area contributed by atoms with Gasteiger partial charge in [0.25, 0.3) is 5.91 Å². The average molecular weight is 405 g/mol. The highest BCUT2D eigenvalue weighted by molar-refractivity contribution is 8.16. The van der Waals surface area contributed by atoms with E-state index in [2.05, 4.69) is 4.99 Å². The zero-order chi connectivity index (χ0) is 18.4. The van der Waals surface area contributed by atoms with E-state index in [0.29, 0.717) is 17.3 Å². The van der Waals surface area contributed by atoms with Crippen LogP contribution < -0.4 is 4.90 Å². The van der Waals surface area contributed by atoms with E-state index >= 15 is 0 Å². The monoisotopic (exact) mass is 404 g/mol. The highest BCUT2D eigenvalue weighted by Gasteiger charge is 2.49. The van der Waals surface area contributed by atoms with Gasteiger partial charge in [-0.05, 0) is 24.6 Å². The molecule has 0 N–H and O–H groups in total. The van der Waals surface area contributed by atoms with Crippen LogP contribution in [0.25, 0.3) is 0 Å². The van der Waals surface area contributed by atoms with Gasteiger partial charge in [-0.15, -0.1) is 0 Å². The minimum atomic E-state index is -3.16. The number of fused-ring (bicyclic) bond motifs is 1. The summed E-state index contributed by atoms with van der Waals surface area (Å²) in [6.07, 6.45) is 0.664. The predicted molar refractivity (Wildman–Crippen MR) is 99.6 cm³/mol. The number of sulfone groups is 1. The lowest BCUT2D eigenvalue weighted by molar-refractivity contribution is -0.121. The van der Waals surface area contributed by atoms with E-state index < -0.39 is 15.7 Å². The number of hydrogen-bond donors (Lipinski definition) is 0. The Morgan fingerprint density at radius 3 is 2.84 bits per heavy atom. The first-order valence-corrected chi connectivity index (χ1v) is 11.0. The first kappa shape index (κ1) is 18.7. The van der Waals surface area contributed by atoms with E-state index in [4.69, 9.17) is 11.6 Å². The number of nitrogens with zero attached hydrogens (tertiary/aromatic N) is 2. The van der Waals surface area contributed by atoms with Gasteiger partial charge >= 0.3 is 0 Å². The minimum absolute atomic E-state index is 0.0136. The second kappa shape index (κ2) is 6.89. The van der Waals surface area contributed by atoms with Crippen LogP contribution in [-0.4, -0.2) is 42.3 Å². The number of benzene rings is 1. The average Bonchev–Trinajstić information content (AvgIpc) is 3.00. The normalized spacial score (nSPS) is 27.5. The van der Waals surface area contributed by atoms with E-state index in [-0.39, 0.29) is 39.6 Å². The van der Waals surface area contributed by atoms with Crippen LogP contribution in [0.2, 0.25) is 5.02 Å². The molecule has 3 rings (SSSR count). The van der Waals surface area contributed by atoms with Gasteiger partial charge in [-0.3, -0.25) is 4.79 Å². The maximum Gasteiger partial charge on any atom is 0.250 e. The number of hydrogen-bond acceptors (Lipinski definition) is 4. The third-order valence-corrected chi connectivity index (χ3v) is 8.00. The Labute approximate surface area is 155 Å². The zero-order valence-corrected chi connectivity index (χ0v) is 16.2. The Morgan fingerprint density at radius 1 is 1.48 bits per heavy atom. The van der Waals surface area contributed by atoms with Gasteiger partial charge in [0.05, 0.1) is 22.6 Å². The molecule has 2 heterocycles. The Balaban J connectivity index is 2.02. The minimum Gasteiger partial charge on any atom is -0.315 e. The summed E-state index contributed by atoms with van der Waals surface area (Å²) in [6, 6.07) is 3.92. The fraction of sp³-hybridized carbons (Fsp3) is 0.500. The van der Waals surface area contributed by atoms with Crippen molar-refractivity contribution in [2.24, 2.45) is 10.9 Å². The second-order valence-corrected chi connectivity index (χ2v) is 10.1. The van der Waals surface area contributed by atoms with Crippen LogP contribution in [-0.2, 0) is 14.6 Å². The fourth-order valence-corrected chi connectivity index (χ4v) is 6.92. The molecule has 1 amide bonds. The lowest BCUT2D eigenvalue weighted by Crippen LogP contribution is -2.38. The number of amides is 1. The Morgan fingerprint density at radius 2 is 2.20 bits per heavy atom. The van der Waals surface area contributed by atoms with Crippen molar-refractivity contribution in [3.05, 3.63) is 29.0 Å². The van der Waals surface area contributed by atoms with Gasteiger partial charge in [-0.25, -0.2) is 12.8 Å². The molecule has 0 saturated carbocycles. The van der Waals surface area contributed by atoms with Crippen LogP contribution in [0.1, 0.15) is 20.3 Å². The first-order chi connectivity index (χ1) is 11.7. The van der Waals surface area contributed by atoms with Gasteiger partial charge in [-0.2, -0.15) is 4.99 Å². The van der Waals surface area contributed by atoms with Gasteiger partial charge in [0.1, 0.15) is 5.82 Å². The standard InChI is InChI=1S/C16H18ClFN2O3S2/c1-3-9(2)15(21)19-16-20(10-4-5-11(17)12(18)6-10)13-7-25(22,23)8-14(13)24-16/h4-6,9,13-14H,3,7-8H2,1-2H3/t9-,13+,14+/m1/s1. The molecule has 25 heavy (non-hydrogen) atoms. The second-order valence-electron chi connectivity index (χ2n) is 6.31. The Bertz CT molecular complexity index is 844. The number of halogens is 2. The highest BCUT2D eigenvalue weighted by atomic mass is 35.5. The molecule has 0 radical (unpaired) electrons. The SMILES string of the molecule is CC[C@@H](C)C(=O)N=C1S[C@H]2CS(=O)(=O)C[C@@H]2N1c1ccc(Cl)c(F)c1. The van der Waals surface area contributed by atoms with Crippen molar-refractivity contribution < 1.29 is 17.6 Å². The molecule has 0 aliphatic carbocycles. The summed E-state index contributed by atoms with van der Waals surface area (Å²) in [7, 11) is -3.16. The number of aliphatic imine (C=N–C) groups is 1. The van der Waals surface area contributed by atoms with Crippen molar-refractivity contribution in [2.45, 2.75) is 31.6 Å². The number of thioether (sulfide) groups is 1. The van der Waals surface area contributed by atoms with Crippen LogP contribution in [0.15, 0.2) is 23.2 Å². The summed E-state index contributed by atoms with van der Waals surface area (Å²) >= 11 is 7.02. The van der Waals surface area contributed by atoms with Crippen molar-refractivity contribution in [3.63, 3.8) is 0 Å². The quantitative estimate of drug-likeness (QED) is 0.774. The van der Waals surface area contributed by atoms with Crippen molar-refractivity contribution in [3.8, 4) is 0 Å². The smallest absolute Gasteiger partial charge is 0.250 e. The molecule has 2 fully saturated rings. The van der Waals surface area contributed by atoms with Crippen LogP contribution in [0.3, 0.4) is 0 Å². The van der Waals surface area contributed by atoms with Gasteiger partial charge in [-0.1, -0.05) is 37.2 Å². The molecule has 9 heteroatoms. The number of amidine groups is 1. The van der Waals surface area contributed by atoms with Crippen molar-refractivity contribution in [2.75, 3.05) is 16.4 Å². The largest absolute Gasteiger partial charge is 0.315 e. The van der Waals surface area contributed by atoms with E-state index in [1.807, 2.05) is 6.92 Å². The van der Waals surface area contributed by atoms with Crippen LogP contribution in [0.5, 0.6) is 0 Å². The Hall–Kier alpha value is -1.12. The molecule has 2 saturated heterocycles. The molecule has 2 aliphatic heterocycles. The molecule has 0 unspecified atom stereocenters. The molecule has 1 aromatic rings. The molecular weight excluding hydrogens is 387 g/mol.